The number of rotatable bonds is 11. The van der Waals surface area contributed by atoms with Crippen molar-refractivity contribution < 1.29 is 28.5 Å². The molecule has 1 atom stereocenters. The molecule has 0 saturated carbocycles. The predicted molar refractivity (Wildman–Crippen MR) is 151 cm³/mol. The summed E-state index contributed by atoms with van der Waals surface area (Å²) < 4.78 is 28.6. The molecule has 8 heteroatoms. The Morgan fingerprint density at radius 1 is 0.950 bits per heavy atom. The molecule has 4 rings (SSSR count). The zero-order valence-corrected chi connectivity index (χ0v) is 23.3. The summed E-state index contributed by atoms with van der Waals surface area (Å²) in [5.41, 5.74) is 10.2. The lowest BCUT2D eigenvalue weighted by Crippen LogP contribution is -2.22. The van der Waals surface area contributed by atoms with Crippen LogP contribution in [0.4, 0.5) is 0 Å². The first-order valence-corrected chi connectivity index (χ1v) is 13.4. The molecule has 1 aliphatic heterocycles. The maximum atomic E-state index is 12.5. The molecule has 0 spiro atoms. The molecular formula is C32H34N2O6. The Morgan fingerprint density at radius 3 is 2.48 bits per heavy atom. The van der Waals surface area contributed by atoms with E-state index in [1.54, 1.807) is 18.2 Å². The molecule has 8 nitrogen and oxygen atoms in total. The van der Waals surface area contributed by atoms with Gasteiger partial charge >= 0.3 is 5.97 Å². The van der Waals surface area contributed by atoms with Crippen molar-refractivity contribution in [2.75, 3.05) is 19.8 Å². The number of fused-ring (bicyclic) bond motifs is 1. The van der Waals surface area contributed by atoms with Crippen LogP contribution in [0.2, 0.25) is 0 Å². The summed E-state index contributed by atoms with van der Waals surface area (Å²) in [6, 6.07) is 18.4. The third kappa shape index (κ3) is 6.49. The molecule has 0 radical (unpaired) electrons. The van der Waals surface area contributed by atoms with Gasteiger partial charge in [0.1, 0.15) is 28.9 Å². The minimum Gasteiger partial charge on any atom is -0.490 e. The third-order valence-electron chi connectivity index (χ3n) is 6.61. The number of carbonyl (C=O) groups is 1. The maximum Gasteiger partial charge on any atom is 0.349 e. The van der Waals surface area contributed by atoms with E-state index in [2.05, 4.69) is 13.0 Å². The van der Waals surface area contributed by atoms with E-state index < -0.39 is 11.9 Å². The van der Waals surface area contributed by atoms with E-state index in [1.165, 1.54) is 0 Å². The van der Waals surface area contributed by atoms with Crippen molar-refractivity contribution in [2.24, 2.45) is 5.73 Å². The van der Waals surface area contributed by atoms with E-state index in [1.807, 2.05) is 57.2 Å². The first-order valence-electron chi connectivity index (χ1n) is 13.4. The van der Waals surface area contributed by atoms with Crippen molar-refractivity contribution in [3.63, 3.8) is 0 Å². The number of ether oxygens (including phenoxy) is 5. The SMILES string of the molecule is CCCCOc1ccc(C2C(C#N)=C(N)Oc3cc(OC(=O)COc4ccc(C)c(C)c4)ccc32)cc1OCC. The minimum absolute atomic E-state index is 0.0113. The molecule has 0 fully saturated rings. The van der Waals surface area contributed by atoms with Crippen LogP contribution < -0.4 is 29.4 Å². The molecule has 40 heavy (non-hydrogen) atoms. The number of unbranched alkanes of at least 4 members (excludes halogenated alkanes) is 1. The van der Waals surface area contributed by atoms with Crippen LogP contribution in [0, 0.1) is 25.2 Å². The van der Waals surface area contributed by atoms with Gasteiger partial charge in [-0.1, -0.05) is 31.5 Å². The fourth-order valence-electron chi connectivity index (χ4n) is 4.37. The van der Waals surface area contributed by atoms with Gasteiger partial charge in [-0.3, -0.25) is 0 Å². The van der Waals surface area contributed by atoms with Crippen molar-refractivity contribution in [1.82, 2.24) is 0 Å². The second-order valence-electron chi connectivity index (χ2n) is 9.47. The Balaban J connectivity index is 1.56. The van der Waals surface area contributed by atoms with Gasteiger partial charge in [0.05, 0.1) is 19.1 Å². The summed E-state index contributed by atoms with van der Waals surface area (Å²) in [4.78, 5) is 12.5. The first kappa shape index (κ1) is 28.4. The summed E-state index contributed by atoms with van der Waals surface area (Å²) in [5.74, 6) is 1.41. The molecule has 208 valence electrons. The number of nitriles is 1. The molecular weight excluding hydrogens is 508 g/mol. The van der Waals surface area contributed by atoms with E-state index in [9.17, 15) is 10.1 Å². The van der Waals surface area contributed by atoms with Gasteiger partial charge in [0.15, 0.2) is 18.1 Å². The Morgan fingerprint density at radius 2 is 1.75 bits per heavy atom. The molecule has 0 saturated heterocycles. The summed E-state index contributed by atoms with van der Waals surface area (Å²) in [6.45, 7) is 8.79. The highest BCUT2D eigenvalue weighted by molar-refractivity contribution is 5.74. The van der Waals surface area contributed by atoms with Gasteiger partial charge < -0.3 is 29.4 Å². The topological polar surface area (TPSA) is 113 Å². The normalized spacial score (nSPS) is 14.0. The summed E-state index contributed by atoms with van der Waals surface area (Å²) in [5, 5.41) is 9.94. The van der Waals surface area contributed by atoms with Crippen LogP contribution in [0.15, 0.2) is 66.1 Å². The highest BCUT2D eigenvalue weighted by Gasteiger charge is 2.32. The van der Waals surface area contributed by atoms with Crippen LogP contribution in [0.25, 0.3) is 0 Å². The highest BCUT2D eigenvalue weighted by Crippen LogP contribution is 2.45. The fraction of sp³-hybridized carbons (Fsp3) is 0.312. The summed E-state index contributed by atoms with van der Waals surface area (Å²) in [6.07, 6.45) is 1.95. The highest BCUT2D eigenvalue weighted by atomic mass is 16.6. The smallest absolute Gasteiger partial charge is 0.349 e. The lowest BCUT2D eigenvalue weighted by Gasteiger charge is -2.27. The van der Waals surface area contributed by atoms with Gasteiger partial charge in [-0.2, -0.15) is 5.26 Å². The fourth-order valence-corrected chi connectivity index (χ4v) is 4.37. The van der Waals surface area contributed by atoms with Gasteiger partial charge in [-0.25, -0.2) is 4.79 Å². The molecule has 1 aliphatic rings. The lowest BCUT2D eigenvalue weighted by molar-refractivity contribution is -0.136. The largest absolute Gasteiger partial charge is 0.490 e. The van der Waals surface area contributed by atoms with Crippen molar-refractivity contribution in [3.05, 3.63) is 88.3 Å². The number of benzene rings is 3. The Labute approximate surface area is 234 Å². The van der Waals surface area contributed by atoms with E-state index in [0.29, 0.717) is 41.8 Å². The Hall–Kier alpha value is -4.64. The van der Waals surface area contributed by atoms with Crippen molar-refractivity contribution in [1.29, 1.82) is 5.26 Å². The third-order valence-corrected chi connectivity index (χ3v) is 6.61. The maximum absolute atomic E-state index is 12.5. The van der Waals surface area contributed by atoms with Crippen LogP contribution >= 0.6 is 0 Å². The van der Waals surface area contributed by atoms with E-state index in [0.717, 1.165) is 29.5 Å². The predicted octanol–water partition coefficient (Wildman–Crippen LogP) is 6.08. The van der Waals surface area contributed by atoms with Gasteiger partial charge in [0, 0.05) is 11.6 Å². The van der Waals surface area contributed by atoms with Crippen molar-refractivity contribution >= 4 is 5.97 Å². The van der Waals surface area contributed by atoms with E-state index >= 15 is 0 Å². The van der Waals surface area contributed by atoms with Crippen molar-refractivity contribution in [3.8, 4) is 34.8 Å². The van der Waals surface area contributed by atoms with Crippen LogP contribution in [0.5, 0.6) is 28.7 Å². The van der Waals surface area contributed by atoms with Gasteiger partial charge in [-0.05, 0) is 74.2 Å². The van der Waals surface area contributed by atoms with Crippen LogP contribution in [0.3, 0.4) is 0 Å². The summed E-state index contributed by atoms with van der Waals surface area (Å²) >= 11 is 0. The number of carbonyl (C=O) groups excluding carboxylic acids is 1. The molecule has 0 bridgehead atoms. The summed E-state index contributed by atoms with van der Waals surface area (Å²) in [7, 11) is 0. The zero-order chi connectivity index (χ0) is 28.6. The molecule has 3 aromatic rings. The average Bonchev–Trinajstić information content (AvgIpc) is 2.94. The van der Waals surface area contributed by atoms with Crippen LogP contribution in [-0.2, 0) is 4.79 Å². The molecule has 0 aliphatic carbocycles. The van der Waals surface area contributed by atoms with Gasteiger partial charge in [0.2, 0.25) is 5.88 Å². The number of allylic oxidation sites excluding steroid dienone is 1. The number of aryl methyl sites for hydroxylation is 2. The molecule has 1 unspecified atom stereocenters. The minimum atomic E-state index is -0.563. The number of esters is 1. The molecule has 2 N–H and O–H groups in total. The molecule has 0 aromatic heterocycles. The quantitative estimate of drug-likeness (QED) is 0.176. The number of hydrogen-bond acceptors (Lipinski definition) is 8. The van der Waals surface area contributed by atoms with Crippen molar-refractivity contribution in [2.45, 2.75) is 46.5 Å². The van der Waals surface area contributed by atoms with Gasteiger partial charge in [-0.15, -0.1) is 0 Å². The monoisotopic (exact) mass is 542 g/mol. The van der Waals surface area contributed by atoms with E-state index in [-0.39, 0.29) is 23.8 Å². The number of hydrogen-bond donors (Lipinski definition) is 1. The standard InChI is InChI=1S/C32H34N2O6/c1-5-7-14-37-27-13-9-22(16-29(27)36-6-2)31-25-12-11-24(17-28(25)40-32(34)26(31)18-33)39-30(35)19-38-23-10-8-20(3)21(4)15-23/h8-13,15-17,31H,5-7,14,19,34H2,1-4H3. The Kier molecular flexibility index (Phi) is 9.18. The molecule has 3 aromatic carbocycles. The second kappa shape index (κ2) is 12.9. The zero-order valence-electron chi connectivity index (χ0n) is 23.3. The van der Waals surface area contributed by atoms with Crippen LogP contribution in [0.1, 0.15) is 54.9 Å². The van der Waals surface area contributed by atoms with Gasteiger partial charge in [0.25, 0.3) is 0 Å². The molecule has 0 amide bonds. The first-order chi connectivity index (χ1) is 19.3. The number of nitrogens with zero attached hydrogens (tertiary/aromatic N) is 1. The lowest BCUT2D eigenvalue weighted by atomic mass is 9.83. The number of nitrogens with two attached hydrogens (primary N) is 1. The Bertz CT molecular complexity index is 1460. The second-order valence-corrected chi connectivity index (χ2v) is 9.47. The van der Waals surface area contributed by atoms with Crippen LogP contribution in [-0.4, -0.2) is 25.8 Å². The molecule has 1 heterocycles. The van der Waals surface area contributed by atoms with E-state index in [4.69, 9.17) is 29.4 Å². The average molecular weight is 543 g/mol.